The lowest BCUT2D eigenvalue weighted by molar-refractivity contribution is -0.137. The molecule has 1 heterocycles. The SMILES string of the molecule is CCCCN(C)C(=O)NCc1cn(CC(=O)O)nn1. The molecule has 0 unspecified atom stereocenters. The Bertz CT molecular complexity index is 432. The zero-order valence-electron chi connectivity index (χ0n) is 11.2. The first-order valence-electron chi connectivity index (χ1n) is 6.12. The highest BCUT2D eigenvalue weighted by atomic mass is 16.4. The van der Waals surface area contributed by atoms with Gasteiger partial charge >= 0.3 is 12.0 Å². The largest absolute Gasteiger partial charge is 0.480 e. The molecule has 0 aromatic carbocycles. The zero-order valence-corrected chi connectivity index (χ0v) is 11.2. The summed E-state index contributed by atoms with van der Waals surface area (Å²) >= 11 is 0. The molecule has 1 rings (SSSR count). The summed E-state index contributed by atoms with van der Waals surface area (Å²) in [6.07, 6.45) is 3.49. The van der Waals surface area contributed by atoms with Crippen LogP contribution in [0, 0.1) is 0 Å². The number of nitrogens with zero attached hydrogens (tertiary/aromatic N) is 4. The van der Waals surface area contributed by atoms with Crippen molar-refractivity contribution in [2.45, 2.75) is 32.9 Å². The maximum Gasteiger partial charge on any atom is 0.325 e. The van der Waals surface area contributed by atoms with Gasteiger partial charge in [-0.3, -0.25) is 4.79 Å². The van der Waals surface area contributed by atoms with Crippen LogP contribution in [0.5, 0.6) is 0 Å². The normalized spacial score (nSPS) is 10.2. The topological polar surface area (TPSA) is 100 Å². The van der Waals surface area contributed by atoms with Crippen molar-refractivity contribution in [2.24, 2.45) is 0 Å². The van der Waals surface area contributed by atoms with Crippen molar-refractivity contribution >= 4 is 12.0 Å². The first kappa shape index (κ1) is 14.9. The average Bonchev–Trinajstić information content (AvgIpc) is 2.79. The number of aromatic nitrogens is 3. The van der Waals surface area contributed by atoms with E-state index in [-0.39, 0.29) is 19.1 Å². The first-order chi connectivity index (χ1) is 9.02. The van der Waals surface area contributed by atoms with Crippen molar-refractivity contribution in [1.29, 1.82) is 0 Å². The molecule has 8 heteroatoms. The highest BCUT2D eigenvalue weighted by Crippen LogP contribution is 1.95. The molecule has 2 amide bonds. The molecular weight excluding hydrogens is 250 g/mol. The minimum absolute atomic E-state index is 0.179. The third-order valence-corrected chi connectivity index (χ3v) is 2.50. The number of unbranched alkanes of at least 4 members (excludes halogenated alkanes) is 1. The van der Waals surface area contributed by atoms with Crippen LogP contribution in [0.3, 0.4) is 0 Å². The van der Waals surface area contributed by atoms with E-state index in [9.17, 15) is 9.59 Å². The maximum atomic E-state index is 11.7. The van der Waals surface area contributed by atoms with E-state index in [0.29, 0.717) is 12.2 Å². The van der Waals surface area contributed by atoms with Crippen LogP contribution >= 0.6 is 0 Å². The Morgan fingerprint density at radius 1 is 1.53 bits per heavy atom. The van der Waals surface area contributed by atoms with E-state index in [1.165, 1.54) is 10.9 Å². The summed E-state index contributed by atoms with van der Waals surface area (Å²) in [6.45, 7) is 2.76. The number of carboxylic acid groups (broad SMARTS) is 1. The minimum Gasteiger partial charge on any atom is -0.480 e. The van der Waals surface area contributed by atoms with Crippen molar-refractivity contribution in [1.82, 2.24) is 25.2 Å². The monoisotopic (exact) mass is 269 g/mol. The van der Waals surface area contributed by atoms with Crippen LogP contribution < -0.4 is 5.32 Å². The molecule has 1 aromatic rings. The Hall–Kier alpha value is -2.12. The molecule has 0 fully saturated rings. The van der Waals surface area contributed by atoms with E-state index in [1.807, 2.05) is 0 Å². The Balaban J connectivity index is 2.37. The van der Waals surface area contributed by atoms with E-state index in [0.717, 1.165) is 12.8 Å². The molecule has 0 radical (unpaired) electrons. The molecule has 2 N–H and O–H groups in total. The van der Waals surface area contributed by atoms with E-state index < -0.39 is 5.97 Å². The molecule has 0 bridgehead atoms. The van der Waals surface area contributed by atoms with Gasteiger partial charge in [-0.05, 0) is 6.42 Å². The molecular formula is C11H19N5O3. The quantitative estimate of drug-likeness (QED) is 0.741. The van der Waals surface area contributed by atoms with Gasteiger partial charge in [0.15, 0.2) is 0 Å². The summed E-state index contributed by atoms with van der Waals surface area (Å²) in [5.41, 5.74) is 0.526. The van der Waals surface area contributed by atoms with Gasteiger partial charge in [0.25, 0.3) is 0 Å². The van der Waals surface area contributed by atoms with Crippen LogP contribution in [-0.4, -0.2) is 50.6 Å². The number of hydrogen-bond acceptors (Lipinski definition) is 4. The lowest BCUT2D eigenvalue weighted by atomic mass is 10.3. The maximum absolute atomic E-state index is 11.7. The van der Waals surface area contributed by atoms with E-state index in [1.54, 1.807) is 11.9 Å². The van der Waals surface area contributed by atoms with Gasteiger partial charge in [0.1, 0.15) is 12.2 Å². The van der Waals surface area contributed by atoms with Crippen molar-refractivity contribution in [3.05, 3.63) is 11.9 Å². The first-order valence-corrected chi connectivity index (χ1v) is 6.12. The third kappa shape index (κ3) is 5.36. The summed E-state index contributed by atoms with van der Waals surface area (Å²) in [5, 5.41) is 18.7. The smallest absolute Gasteiger partial charge is 0.325 e. The summed E-state index contributed by atoms with van der Waals surface area (Å²) < 4.78 is 1.21. The predicted octanol–water partition coefficient (Wildman–Crippen LogP) is 0.304. The fourth-order valence-corrected chi connectivity index (χ4v) is 1.43. The van der Waals surface area contributed by atoms with E-state index >= 15 is 0 Å². The van der Waals surface area contributed by atoms with Crippen LogP contribution in [0.2, 0.25) is 0 Å². The van der Waals surface area contributed by atoms with Gasteiger partial charge in [-0.25, -0.2) is 9.48 Å². The predicted molar refractivity (Wildman–Crippen MR) is 67.4 cm³/mol. The molecule has 0 aliphatic heterocycles. The zero-order chi connectivity index (χ0) is 14.3. The summed E-state index contributed by atoms with van der Waals surface area (Å²) in [4.78, 5) is 23.7. The summed E-state index contributed by atoms with van der Waals surface area (Å²) in [7, 11) is 1.73. The Kier molecular flexibility index (Phi) is 5.77. The second kappa shape index (κ2) is 7.34. The lowest BCUT2D eigenvalue weighted by Gasteiger charge is -2.16. The lowest BCUT2D eigenvalue weighted by Crippen LogP contribution is -2.37. The van der Waals surface area contributed by atoms with Crippen LogP contribution in [0.15, 0.2) is 6.20 Å². The number of carbonyl (C=O) groups is 2. The van der Waals surface area contributed by atoms with E-state index in [4.69, 9.17) is 5.11 Å². The fourth-order valence-electron chi connectivity index (χ4n) is 1.43. The molecule has 0 saturated heterocycles. The number of aliphatic carboxylic acids is 1. The molecule has 1 aromatic heterocycles. The van der Waals surface area contributed by atoms with Crippen LogP contribution in [0.1, 0.15) is 25.5 Å². The standard InChI is InChI=1S/C11H19N5O3/c1-3-4-5-15(2)11(19)12-6-9-7-16(14-13-9)8-10(17)18/h7H,3-6,8H2,1-2H3,(H,12,19)(H,17,18). The average molecular weight is 269 g/mol. The molecule has 19 heavy (non-hydrogen) atoms. The number of hydrogen-bond donors (Lipinski definition) is 2. The number of rotatable bonds is 7. The number of amides is 2. The number of carboxylic acids is 1. The molecule has 0 saturated carbocycles. The van der Waals surface area contributed by atoms with Crippen molar-refractivity contribution in [3.63, 3.8) is 0 Å². The van der Waals surface area contributed by atoms with Crippen LogP contribution in [-0.2, 0) is 17.9 Å². The van der Waals surface area contributed by atoms with Gasteiger partial charge in [-0.15, -0.1) is 5.10 Å². The van der Waals surface area contributed by atoms with Crippen molar-refractivity contribution in [2.75, 3.05) is 13.6 Å². The van der Waals surface area contributed by atoms with Crippen molar-refractivity contribution in [3.8, 4) is 0 Å². The molecule has 8 nitrogen and oxygen atoms in total. The van der Waals surface area contributed by atoms with Crippen LogP contribution in [0.4, 0.5) is 4.79 Å². The van der Waals surface area contributed by atoms with E-state index in [2.05, 4.69) is 22.6 Å². The van der Waals surface area contributed by atoms with Crippen molar-refractivity contribution < 1.29 is 14.7 Å². The molecule has 0 atom stereocenters. The van der Waals surface area contributed by atoms with Gasteiger partial charge < -0.3 is 15.3 Å². The van der Waals surface area contributed by atoms with Gasteiger partial charge in [0, 0.05) is 13.6 Å². The highest BCUT2D eigenvalue weighted by molar-refractivity contribution is 5.73. The molecule has 0 aliphatic carbocycles. The second-order valence-electron chi connectivity index (χ2n) is 4.24. The molecule has 0 aliphatic rings. The van der Waals surface area contributed by atoms with Gasteiger partial charge in [0.05, 0.1) is 12.7 Å². The number of nitrogens with one attached hydrogen (secondary N) is 1. The minimum atomic E-state index is -0.986. The Labute approximate surface area is 111 Å². The molecule has 0 spiro atoms. The number of urea groups is 1. The Morgan fingerprint density at radius 3 is 2.89 bits per heavy atom. The summed E-state index contributed by atoms with van der Waals surface area (Å²) in [6, 6.07) is -0.179. The van der Waals surface area contributed by atoms with Gasteiger partial charge in [0.2, 0.25) is 0 Å². The van der Waals surface area contributed by atoms with Gasteiger partial charge in [-0.2, -0.15) is 0 Å². The number of carbonyl (C=O) groups excluding carboxylic acids is 1. The second-order valence-corrected chi connectivity index (χ2v) is 4.24. The highest BCUT2D eigenvalue weighted by Gasteiger charge is 2.09. The molecule has 106 valence electrons. The van der Waals surface area contributed by atoms with Gasteiger partial charge in [-0.1, -0.05) is 18.6 Å². The summed E-state index contributed by atoms with van der Waals surface area (Å²) in [5.74, 6) is -0.986. The Morgan fingerprint density at radius 2 is 2.26 bits per heavy atom. The third-order valence-electron chi connectivity index (χ3n) is 2.50. The van der Waals surface area contributed by atoms with Crippen LogP contribution in [0.25, 0.3) is 0 Å². The fraction of sp³-hybridized carbons (Fsp3) is 0.636.